The van der Waals surface area contributed by atoms with E-state index in [1.807, 2.05) is 12.1 Å². The molecule has 0 bridgehead atoms. The molecule has 2 aromatic rings. The van der Waals surface area contributed by atoms with E-state index in [2.05, 4.69) is 36.4 Å². The van der Waals surface area contributed by atoms with Crippen molar-refractivity contribution in [3.63, 3.8) is 0 Å². The molecule has 0 spiro atoms. The summed E-state index contributed by atoms with van der Waals surface area (Å²) in [7, 11) is -2.90. The molecular weight excluding hydrogens is 370 g/mol. The Bertz CT molecular complexity index is 907. The molecule has 4 rings (SSSR count). The van der Waals surface area contributed by atoms with Gasteiger partial charge in [0.2, 0.25) is 0 Å². The lowest BCUT2D eigenvalue weighted by Crippen LogP contribution is -2.34. The fraction of sp³-hybridized carbons (Fsp3) is 0.478. The van der Waals surface area contributed by atoms with Gasteiger partial charge in [-0.1, -0.05) is 36.4 Å². The first-order valence-electron chi connectivity index (χ1n) is 10.3. The van der Waals surface area contributed by atoms with Crippen molar-refractivity contribution in [3.8, 4) is 5.75 Å². The topological polar surface area (TPSA) is 69.4 Å². The molecule has 0 amide bonds. The molecule has 1 saturated carbocycles. The van der Waals surface area contributed by atoms with Gasteiger partial charge in [-0.3, -0.25) is 0 Å². The van der Waals surface area contributed by atoms with Crippen LogP contribution in [0.15, 0.2) is 48.5 Å². The molecule has 2 atom stereocenters. The van der Waals surface area contributed by atoms with Crippen LogP contribution in [0.2, 0.25) is 0 Å². The van der Waals surface area contributed by atoms with Gasteiger partial charge in [-0.2, -0.15) is 0 Å². The van der Waals surface area contributed by atoms with Crippen LogP contribution >= 0.6 is 0 Å². The quantitative estimate of drug-likeness (QED) is 0.688. The fourth-order valence-corrected chi connectivity index (χ4v) is 5.87. The van der Waals surface area contributed by atoms with Gasteiger partial charge in [-0.15, -0.1) is 0 Å². The summed E-state index contributed by atoms with van der Waals surface area (Å²) in [6.45, 7) is 0.431. The molecule has 2 unspecified atom stereocenters. The van der Waals surface area contributed by atoms with Crippen LogP contribution in [0.1, 0.15) is 48.3 Å². The van der Waals surface area contributed by atoms with E-state index >= 15 is 0 Å². The highest BCUT2D eigenvalue weighted by Gasteiger charge is 2.34. The number of fused-ring (bicyclic) bond motifs is 1. The van der Waals surface area contributed by atoms with Gasteiger partial charge < -0.3 is 10.5 Å². The van der Waals surface area contributed by atoms with Crippen LogP contribution in [0.25, 0.3) is 0 Å². The maximum absolute atomic E-state index is 12.0. The average molecular weight is 400 g/mol. The second kappa shape index (κ2) is 8.26. The summed E-state index contributed by atoms with van der Waals surface area (Å²) >= 11 is 0. The summed E-state index contributed by atoms with van der Waals surface area (Å²) in [4.78, 5) is 0. The highest BCUT2D eigenvalue weighted by molar-refractivity contribution is 7.92. The van der Waals surface area contributed by atoms with Crippen molar-refractivity contribution in [2.24, 2.45) is 5.73 Å². The predicted molar refractivity (Wildman–Crippen MR) is 113 cm³/mol. The second-order valence-electron chi connectivity index (χ2n) is 8.13. The lowest BCUT2D eigenvalue weighted by Gasteiger charge is -2.32. The molecule has 2 N–H and O–H groups in total. The minimum Gasteiger partial charge on any atom is -0.494 e. The highest BCUT2D eigenvalue weighted by Crippen LogP contribution is 2.36. The lowest BCUT2D eigenvalue weighted by atomic mass is 9.76. The normalized spacial score (nSPS) is 21.9. The van der Waals surface area contributed by atoms with Crippen molar-refractivity contribution in [2.45, 2.75) is 55.7 Å². The summed E-state index contributed by atoms with van der Waals surface area (Å²) in [6, 6.07) is 16.9. The first-order chi connectivity index (χ1) is 13.5. The molecule has 28 heavy (non-hydrogen) atoms. The van der Waals surface area contributed by atoms with Gasteiger partial charge in [0.25, 0.3) is 0 Å². The van der Waals surface area contributed by atoms with Gasteiger partial charge >= 0.3 is 0 Å². The minimum absolute atomic E-state index is 0.0866. The van der Waals surface area contributed by atoms with Gasteiger partial charge in [0.05, 0.1) is 17.6 Å². The maximum atomic E-state index is 12.0. The monoisotopic (exact) mass is 399 g/mol. The number of ether oxygens (including phenoxy) is 1. The minimum atomic E-state index is -2.90. The Morgan fingerprint density at radius 2 is 1.82 bits per heavy atom. The summed E-state index contributed by atoms with van der Waals surface area (Å²) in [5.41, 5.74) is 10.4. The van der Waals surface area contributed by atoms with Crippen LogP contribution in [0.3, 0.4) is 0 Å². The maximum Gasteiger partial charge on any atom is 0.153 e. The number of hydrogen-bond acceptors (Lipinski definition) is 4. The Kier molecular flexibility index (Phi) is 5.74. The van der Waals surface area contributed by atoms with Crippen LogP contribution in [-0.4, -0.2) is 32.1 Å². The Morgan fingerprint density at radius 1 is 1.04 bits per heavy atom. The summed E-state index contributed by atoms with van der Waals surface area (Å²) in [5.74, 6) is 1.32. The van der Waals surface area contributed by atoms with E-state index in [1.54, 1.807) is 0 Å². The smallest absolute Gasteiger partial charge is 0.153 e. The summed E-state index contributed by atoms with van der Waals surface area (Å²) in [5, 5.41) is -0.0866. The SMILES string of the molecule is NC1CCc2ccc(OCCCS(=O)(=O)C3CC3)cc2C1Cc1ccccc1. The molecule has 0 radical (unpaired) electrons. The largest absolute Gasteiger partial charge is 0.494 e. The van der Waals surface area contributed by atoms with E-state index in [1.165, 1.54) is 16.7 Å². The number of sulfone groups is 1. The molecule has 5 heteroatoms. The number of nitrogens with two attached hydrogens (primary N) is 1. The molecule has 0 aliphatic heterocycles. The average Bonchev–Trinajstić information content (AvgIpc) is 3.54. The van der Waals surface area contributed by atoms with Gasteiger partial charge in [-0.05, 0) is 67.3 Å². The van der Waals surface area contributed by atoms with Crippen molar-refractivity contribution in [3.05, 3.63) is 65.2 Å². The first kappa shape index (κ1) is 19.5. The summed E-state index contributed by atoms with van der Waals surface area (Å²) in [6.07, 6.45) is 5.14. The third-order valence-electron chi connectivity index (χ3n) is 5.95. The molecule has 4 nitrogen and oxygen atoms in total. The van der Waals surface area contributed by atoms with E-state index in [0.717, 1.165) is 37.9 Å². The van der Waals surface area contributed by atoms with Gasteiger partial charge in [0, 0.05) is 12.0 Å². The zero-order valence-corrected chi connectivity index (χ0v) is 17.0. The van der Waals surface area contributed by atoms with Crippen molar-refractivity contribution < 1.29 is 13.2 Å². The number of hydrogen-bond donors (Lipinski definition) is 1. The Balaban J connectivity index is 1.42. The Hall–Kier alpha value is -1.85. The molecule has 2 aromatic carbocycles. The van der Waals surface area contributed by atoms with E-state index in [4.69, 9.17) is 10.5 Å². The van der Waals surface area contributed by atoms with Crippen LogP contribution in [0.4, 0.5) is 0 Å². The zero-order chi connectivity index (χ0) is 19.6. The zero-order valence-electron chi connectivity index (χ0n) is 16.2. The third-order valence-corrected chi connectivity index (χ3v) is 8.30. The van der Waals surface area contributed by atoms with Crippen LogP contribution in [-0.2, 0) is 22.7 Å². The number of rotatable bonds is 8. The molecule has 1 fully saturated rings. The summed E-state index contributed by atoms with van der Waals surface area (Å²) < 4.78 is 29.9. The number of benzene rings is 2. The third kappa shape index (κ3) is 4.58. The van der Waals surface area contributed by atoms with E-state index in [0.29, 0.717) is 13.0 Å². The number of aryl methyl sites for hydroxylation is 1. The second-order valence-corrected chi connectivity index (χ2v) is 10.5. The molecular formula is C23H29NO3S. The molecule has 0 heterocycles. The van der Waals surface area contributed by atoms with E-state index in [9.17, 15) is 8.42 Å². The Labute approximate surface area is 168 Å². The van der Waals surface area contributed by atoms with Gasteiger partial charge in [0.15, 0.2) is 9.84 Å². The van der Waals surface area contributed by atoms with Gasteiger partial charge in [-0.25, -0.2) is 8.42 Å². The van der Waals surface area contributed by atoms with Crippen LogP contribution in [0.5, 0.6) is 5.75 Å². The lowest BCUT2D eigenvalue weighted by molar-refractivity contribution is 0.316. The van der Waals surface area contributed by atoms with Crippen molar-refractivity contribution >= 4 is 9.84 Å². The van der Waals surface area contributed by atoms with Crippen molar-refractivity contribution in [1.29, 1.82) is 0 Å². The van der Waals surface area contributed by atoms with Crippen molar-refractivity contribution in [1.82, 2.24) is 0 Å². The van der Waals surface area contributed by atoms with E-state index in [-0.39, 0.29) is 23.0 Å². The van der Waals surface area contributed by atoms with Crippen molar-refractivity contribution in [2.75, 3.05) is 12.4 Å². The molecule has 2 aliphatic rings. The predicted octanol–water partition coefficient (Wildman–Crippen LogP) is 3.63. The molecule has 2 aliphatic carbocycles. The molecule has 0 aromatic heterocycles. The molecule has 150 valence electrons. The molecule has 0 saturated heterocycles. The fourth-order valence-electron chi connectivity index (χ4n) is 4.16. The van der Waals surface area contributed by atoms with Crippen LogP contribution in [0, 0.1) is 0 Å². The standard InChI is InChI=1S/C23H29NO3S/c24-23-12-8-18-7-9-19(27-13-4-14-28(25,26)20-10-11-20)16-21(18)22(23)15-17-5-2-1-3-6-17/h1-3,5-7,9,16,20,22-23H,4,8,10-15,24H2. The van der Waals surface area contributed by atoms with Gasteiger partial charge in [0.1, 0.15) is 5.75 Å². The van der Waals surface area contributed by atoms with Crippen LogP contribution < -0.4 is 10.5 Å². The Morgan fingerprint density at radius 3 is 2.57 bits per heavy atom. The first-order valence-corrected chi connectivity index (χ1v) is 12.0. The highest BCUT2D eigenvalue weighted by atomic mass is 32.2. The van der Waals surface area contributed by atoms with E-state index < -0.39 is 9.84 Å².